The summed E-state index contributed by atoms with van der Waals surface area (Å²) in [5.41, 5.74) is 0. The van der Waals surface area contributed by atoms with Crippen LogP contribution in [-0.2, 0) is 14.4 Å². The zero-order valence-corrected chi connectivity index (χ0v) is 7.03. The molecular formula is C6H6N2O3S. The second-order valence-corrected chi connectivity index (χ2v) is 2.76. The number of amides is 2. The van der Waals surface area contributed by atoms with Crippen molar-refractivity contribution in [1.29, 1.82) is 0 Å². The van der Waals surface area contributed by atoms with Crippen molar-refractivity contribution >= 4 is 34.9 Å². The van der Waals surface area contributed by atoms with Crippen LogP contribution < -0.4 is 10.6 Å². The van der Waals surface area contributed by atoms with E-state index in [1.54, 1.807) is 0 Å². The molecule has 0 aromatic heterocycles. The molecule has 6 heteroatoms. The smallest absolute Gasteiger partial charge is 0.246 e. The molecule has 0 spiro atoms. The Hall–Kier alpha value is -1.30. The Labute approximate surface area is 73.5 Å². The minimum Gasteiger partial charge on any atom is -0.302 e. The van der Waals surface area contributed by atoms with Gasteiger partial charge in [0, 0.05) is 0 Å². The Kier molecular flexibility index (Phi) is 2.18. The first kappa shape index (κ1) is 8.79. The molecule has 1 aliphatic heterocycles. The molecule has 2 amide bonds. The summed E-state index contributed by atoms with van der Waals surface area (Å²) < 4.78 is 0. The lowest BCUT2D eigenvalue weighted by molar-refractivity contribution is -0.140. The van der Waals surface area contributed by atoms with Gasteiger partial charge in [-0.3, -0.25) is 14.4 Å². The number of hydrogen-bond donors (Lipinski definition) is 2. The fourth-order valence-corrected chi connectivity index (χ4v) is 1.09. The largest absolute Gasteiger partial charge is 0.302 e. The minimum absolute atomic E-state index is 0.0532. The molecule has 0 unspecified atom stereocenters. The van der Waals surface area contributed by atoms with E-state index < -0.39 is 23.5 Å². The second-order valence-electron chi connectivity index (χ2n) is 2.35. The highest BCUT2D eigenvalue weighted by Crippen LogP contribution is 2.02. The summed E-state index contributed by atoms with van der Waals surface area (Å²) >= 11 is 4.52. The molecule has 0 saturated carbocycles. The molecule has 1 heterocycles. The van der Waals surface area contributed by atoms with E-state index in [2.05, 4.69) is 22.9 Å². The van der Waals surface area contributed by atoms with Crippen molar-refractivity contribution in [2.45, 2.75) is 6.92 Å². The molecule has 64 valence electrons. The predicted octanol–water partition coefficient (Wildman–Crippen LogP) is -1.28. The normalized spacial score (nSPS) is 18.6. The molecule has 1 aliphatic rings. The Morgan fingerprint density at radius 1 is 1.33 bits per heavy atom. The van der Waals surface area contributed by atoms with Crippen LogP contribution in [0.3, 0.4) is 0 Å². The average Bonchev–Trinajstić information content (AvgIpc) is 1.82. The lowest BCUT2D eigenvalue weighted by Gasteiger charge is -2.19. The fourth-order valence-electron chi connectivity index (χ4n) is 0.888. The van der Waals surface area contributed by atoms with Crippen molar-refractivity contribution < 1.29 is 14.4 Å². The third kappa shape index (κ3) is 1.48. The first-order valence-corrected chi connectivity index (χ1v) is 3.59. The van der Waals surface area contributed by atoms with Crippen molar-refractivity contribution in [2.75, 3.05) is 0 Å². The van der Waals surface area contributed by atoms with Crippen LogP contribution >= 0.6 is 12.2 Å². The van der Waals surface area contributed by atoms with Gasteiger partial charge in [-0.2, -0.15) is 0 Å². The Bertz CT molecular complexity index is 267. The van der Waals surface area contributed by atoms with E-state index in [0.29, 0.717) is 0 Å². The van der Waals surface area contributed by atoms with Gasteiger partial charge in [-0.25, -0.2) is 0 Å². The van der Waals surface area contributed by atoms with E-state index in [9.17, 15) is 14.4 Å². The highest BCUT2D eigenvalue weighted by molar-refractivity contribution is 7.80. The lowest BCUT2D eigenvalue weighted by Crippen LogP contribution is -2.57. The Morgan fingerprint density at radius 3 is 2.08 bits per heavy atom. The Morgan fingerprint density at radius 2 is 1.75 bits per heavy atom. The van der Waals surface area contributed by atoms with Crippen LogP contribution in [0.4, 0.5) is 0 Å². The number of Topliss-reactive ketones (excluding diaryl/α,β-unsaturated/α-hetero) is 1. The monoisotopic (exact) mass is 186 g/mol. The van der Waals surface area contributed by atoms with Crippen molar-refractivity contribution in [3.05, 3.63) is 0 Å². The van der Waals surface area contributed by atoms with Gasteiger partial charge in [0.15, 0.2) is 16.8 Å². The predicted molar refractivity (Wildman–Crippen MR) is 43.1 cm³/mol. The number of carbonyl (C=O) groups excluding carboxylic acids is 3. The van der Waals surface area contributed by atoms with Crippen LogP contribution in [0.1, 0.15) is 6.92 Å². The van der Waals surface area contributed by atoms with Crippen LogP contribution in [0.5, 0.6) is 0 Å². The first-order chi connectivity index (χ1) is 5.52. The van der Waals surface area contributed by atoms with Crippen LogP contribution in [0, 0.1) is 5.92 Å². The number of hydrogen-bond acceptors (Lipinski definition) is 4. The van der Waals surface area contributed by atoms with Gasteiger partial charge in [-0.15, -0.1) is 0 Å². The summed E-state index contributed by atoms with van der Waals surface area (Å²) in [6, 6.07) is 0. The zero-order valence-electron chi connectivity index (χ0n) is 6.21. The SMILES string of the molecule is CC(=O)C1C(=O)NC(=S)NC1=O. The molecule has 1 rings (SSSR count). The van der Waals surface area contributed by atoms with Gasteiger partial charge in [-0.1, -0.05) is 0 Å². The Balaban J connectivity index is 2.88. The topological polar surface area (TPSA) is 75.3 Å². The molecule has 0 bridgehead atoms. The van der Waals surface area contributed by atoms with Gasteiger partial charge in [0.25, 0.3) is 0 Å². The summed E-state index contributed by atoms with van der Waals surface area (Å²) in [5.74, 6) is -3.06. The molecule has 1 saturated heterocycles. The average molecular weight is 186 g/mol. The quantitative estimate of drug-likeness (QED) is 0.395. The molecule has 5 nitrogen and oxygen atoms in total. The van der Waals surface area contributed by atoms with Crippen LogP contribution in [0.2, 0.25) is 0 Å². The number of carbonyl (C=O) groups is 3. The third-order valence-corrected chi connectivity index (χ3v) is 1.61. The van der Waals surface area contributed by atoms with Crippen molar-refractivity contribution in [2.24, 2.45) is 5.92 Å². The molecule has 2 N–H and O–H groups in total. The van der Waals surface area contributed by atoms with Crippen LogP contribution in [0.15, 0.2) is 0 Å². The van der Waals surface area contributed by atoms with Crippen LogP contribution in [0.25, 0.3) is 0 Å². The highest BCUT2D eigenvalue weighted by Gasteiger charge is 2.35. The van der Waals surface area contributed by atoms with E-state index >= 15 is 0 Å². The summed E-state index contributed by atoms with van der Waals surface area (Å²) in [5, 5.41) is 4.31. The fraction of sp³-hybridized carbons (Fsp3) is 0.333. The molecule has 0 aromatic rings. The number of rotatable bonds is 1. The molecule has 1 fully saturated rings. The molecule has 0 aromatic carbocycles. The molecule has 0 aliphatic carbocycles. The summed E-state index contributed by atoms with van der Waals surface area (Å²) in [6.45, 7) is 1.18. The van der Waals surface area contributed by atoms with Gasteiger partial charge in [-0.05, 0) is 19.1 Å². The zero-order chi connectivity index (χ0) is 9.30. The van der Waals surface area contributed by atoms with E-state index in [-0.39, 0.29) is 5.11 Å². The van der Waals surface area contributed by atoms with Crippen molar-refractivity contribution in [3.63, 3.8) is 0 Å². The van der Waals surface area contributed by atoms with Gasteiger partial charge in [0.1, 0.15) is 0 Å². The maximum Gasteiger partial charge on any atom is 0.246 e. The molecule has 0 radical (unpaired) electrons. The third-order valence-electron chi connectivity index (χ3n) is 1.40. The van der Waals surface area contributed by atoms with Gasteiger partial charge >= 0.3 is 0 Å². The van der Waals surface area contributed by atoms with Gasteiger partial charge < -0.3 is 10.6 Å². The summed E-state index contributed by atoms with van der Waals surface area (Å²) in [4.78, 5) is 32.7. The van der Waals surface area contributed by atoms with E-state index in [4.69, 9.17) is 0 Å². The molecule has 0 atom stereocenters. The molecule has 12 heavy (non-hydrogen) atoms. The molecular weight excluding hydrogens is 180 g/mol. The number of ketones is 1. The number of thiocarbonyl (C=S) groups is 1. The van der Waals surface area contributed by atoms with E-state index in [0.717, 1.165) is 0 Å². The lowest BCUT2D eigenvalue weighted by atomic mass is 10.0. The van der Waals surface area contributed by atoms with Gasteiger partial charge in [0.05, 0.1) is 0 Å². The summed E-state index contributed by atoms with van der Waals surface area (Å²) in [7, 11) is 0. The van der Waals surface area contributed by atoms with Crippen molar-refractivity contribution in [3.8, 4) is 0 Å². The van der Waals surface area contributed by atoms with Crippen molar-refractivity contribution in [1.82, 2.24) is 10.6 Å². The standard InChI is InChI=1S/C6H6N2O3S/c1-2(9)3-4(10)7-6(12)8-5(3)11/h3H,1H3,(H2,7,8,10,11,12). The van der Waals surface area contributed by atoms with E-state index in [1.165, 1.54) is 6.92 Å². The maximum absolute atomic E-state index is 11.0. The number of nitrogens with one attached hydrogen (secondary N) is 2. The minimum atomic E-state index is -1.25. The maximum atomic E-state index is 11.0. The van der Waals surface area contributed by atoms with Crippen LogP contribution in [-0.4, -0.2) is 22.7 Å². The second kappa shape index (κ2) is 2.98. The van der Waals surface area contributed by atoms with E-state index in [1.807, 2.05) is 0 Å². The summed E-state index contributed by atoms with van der Waals surface area (Å²) in [6.07, 6.45) is 0. The highest BCUT2D eigenvalue weighted by atomic mass is 32.1. The van der Waals surface area contributed by atoms with Gasteiger partial charge in [0.2, 0.25) is 11.8 Å². The first-order valence-electron chi connectivity index (χ1n) is 3.18.